The molecular formula is C5H9NO4S. The number of amides is 1. The molecule has 0 saturated carbocycles. The summed E-state index contributed by atoms with van der Waals surface area (Å²) in [6.07, 6.45) is -0.763. The Kier molecular flexibility index (Phi) is 2.03. The van der Waals surface area contributed by atoms with Gasteiger partial charge in [-0.15, -0.1) is 0 Å². The molecule has 0 aliphatic carbocycles. The molecule has 1 aliphatic rings. The lowest BCUT2D eigenvalue weighted by atomic mass is 10.3. The summed E-state index contributed by atoms with van der Waals surface area (Å²) in [5, 5.41) is 10.4. The van der Waals surface area contributed by atoms with Gasteiger partial charge in [0.2, 0.25) is 0 Å². The predicted molar refractivity (Wildman–Crippen MR) is 38.2 cm³/mol. The van der Waals surface area contributed by atoms with Gasteiger partial charge >= 0.3 is 6.09 Å². The Morgan fingerprint density at radius 2 is 2.18 bits per heavy atom. The molecule has 0 aromatic heterocycles. The summed E-state index contributed by atoms with van der Waals surface area (Å²) >= 11 is 0. The van der Waals surface area contributed by atoms with E-state index in [1.807, 2.05) is 0 Å². The summed E-state index contributed by atoms with van der Waals surface area (Å²) in [4.78, 5) is 10.1. The van der Waals surface area contributed by atoms with E-state index >= 15 is 0 Å². The van der Waals surface area contributed by atoms with Crippen molar-refractivity contribution in [3.8, 4) is 0 Å². The number of hydrogen-bond donors (Lipinski definition) is 2. The van der Waals surface area contributed by atoms with Gasteiger partial charge in [0.05, 0.1) is 11.5 Å². The minimum Gasteiger partial charge on any atom is -0.465 e. The number of carbonyl (C=O) groups is 1. The first kappa shape index (κ1) is 8.32. The Balaban J connectivity index is 2.49. The van der Waals surface area contributed by atoms with Gasteiger partial charge in [0, 0.05) is 6.04 Å². The molecule has 1 saturated heterocycles. The minimum absolute atomic E-state index is 0.0563. The Labute approximate surface area is 64.3 Å². The smallest absolute Gasteiger partial charge is 0.404 e. The van der Waals surface area contributed by atoms with Gasteiger partial charge in [0.1, 0.15) is 0 Å². The van der Waals surface area contributed by atoms with Crippen LogP contribution in [-0.4, -0.2) is 37.2 Å². The van der Waals surface area contributed by atoms with Crippen molar-refractivity contribution < 1.29 is 18.3 Å². The first-order chi connectivity index (χ1) is 4.99. The molecule has 5 nitrogen and oxygen atoms in total. The van der Waals surface area contributed by atoms with E-state index < -0.39 is 22.0 Å². The summed E-state index contributed by atoms with van der Waals surface area (Å²) in [6.45, 7) is 0. The van der Waals surface area contributed by atoms with Crippen molar-refractivity contribution in [2.75, 3.05) is 11.5 Å². The number of sulfone groups is 1. The predicted octanol–water partition coefficient (Wildman–Crippen LogP) is -0.559. The summed E-state index contributed by atoms with van der Waals surface area (Å²) < 4.78 is 21.6. The minimum atomic E-state index is -2.97. The number of hydrogen-bond acceptors (Lipinski definition) is 3. The third-order valence-corrected chi connectivity index (χ3v) is 3.33. The average Bonchev–Trinajstić information content (AvgIpc) is 2.08. The molecule has 0 spiro atoms. The lowest BCUT2D eigenvalue weighted by Crippen LogP contribution is -2.34. The van der Waals surface area contributed by atoms with Crippen molar-refractivity contribution in [2.24, 2.45) is 0 Å². The van der Waals surface area contributed by atoms with Crippen LogP contribution < -0.4 is 5.32 Å². The molecule has 1 heterocycles. The van der Waals surface area contributed by atoms with E-state index in [1.54, 1.807) is 0 Å². The summed E-state index contributed by atoms with van der Waals surface area (Å²) in [5.74, 6) is 0.0389. The third kappa shape index (κ3) is 2.38. The molecule has 0 aromatic rings. The third-order valence-electron chi connectivity index (χ3n) is 1.56. The zero-order valence-electron chi connectivity index (χ0n) is 5.78. The molecule has 1 atom stereocenters. The molecular weight excluding hydrogens is 170 g/mol. The number of carboxylic acid groups (broad SMARTS) is 1. The van der Waals surface area contributed by atoms with Crippen LogP contribution >= 0.6 is 0 Å². The lowest BCUT2D eigenvalue weighted by molar-refractivity contribution is 0.191. The Morgan fingerprint density at radius 3 is 2.55 bits per heavy atom. The highest BCUT2D eigenvalue weighted by molar-refractivity contribution is 7.91. The molecule has 0 bridgehead atoms. The molecule has 1 rings (SSSR count). The maximum atomic E-state index is 10.8. The molecule has 6 heteroatoms. The van der Waals surface area contributed by atoms with Gasteiger partial charge in [-0.25, -0.2) is 13.2 Å². The van der Waals surface area contributed by atoms with Crippen LogP contribution in [0.3, 0.4) is 0 Å². The van der Waals surface area contributed by atoms with E-state index in [0.717, 1.165) is 0 Å². The second kappa shape index (κ2) is 2.69. The quantitative estimate of drug-likeness (QED) is 0.565. The van der Waals surface area contributed by atoms with Crippen molar-refractivity contribution in [2.45, 2.75) is 12.5 Å². The highest BCUT2D eigenvalue weighted by Gasteiger charge is 2.28. The highest BCUT2D eigenvalue weighted by Crippen LogP contribution is 2.10. The van der Waals surface area contributed by atoms with Crippen LogP contribution in [0.5, 0.6) is 0 Å². The van der Waals surface area contributed by atoms with Crippen molar-refractivity contribution in [3.63, 3.8) is 0 Å². The van der Waals surface area contributed by atoms with Crippen LogP contribution in [0, 0.1) is 0 Å². The van der Waals surface area contributed by atoms with E-state index in [9.17, 15) is 13.2 Å². The summed E-state index contributed by atoms with van der Waals surface area (Å²) in [7, 11) is -2.97. The van der Waals surface area contributed by atoms with Gasteiger partial charge in [-0.05, 0) is 6.42 Å². The Morgan fingerprint density at radius 1 is 1.55 bits per heavy atom. The topological polar surface area (TPSA) is 83.5 Å². The van der Waals surface area contributed by atoms with E-state index in [-0.39, 0.29) is 11.5 Å². The van der Waals surface area contributed by atoms with Gasteiger partial charge in [-0.3, -0.25) is 0 Å². The van der Waals surface area contributed by atoms with Gasteiger partial charge in [0.15, 0.2) is 9.84 Å². The summed E-state index contributed by atoms with van der Waals surface area (Å²) in [5.41, 5.74) is 0. The van der Waals surface area contributed by atoms with Gasteiger partial charge in [-0.1, -0.05) is 0 Å². The maximum absolute atomic E-state index is 10.8. The molecule has 0 aromatic carbocycles. The molecule has 1 amide bonds. The van der Waals surface area contributed by atoms with Gasteiger partial charge in [-0.2, -0.15) is 0 Å². The van der Waals surface area contributed by atoms with Crippen LogP contribution in [0.25, 0.3) is 0 Å². The largest absolute Gasteiger partial charge is 0.465 e. The first-order valence-corrected chi connectivity index (χ1v) is 5.01. The molecule has 1 aliphatic heterocycles. The average molecular weight is 179 g/mol. The fourth-order valence-electron chi connectivity index (χ4n) is 1.08. The fraction of sp³-hybridized carbons (Fsp3) is 0.800. The fourth-order valence-corrected chi connectivity index (χ4v) is 2.76. The van der Waals surface area contributed by atoms with Gasteiger partial charge in [0.25, 0.3) is 0 Å². The van der Waals surface area contributed by atoms with Crippen molar-refractivity contribution in [3.05, 3.63) is 0 Å². The standard InChI is InChI=1S/C5H9NO4S/c7-5(8)6-4-1-2-11(9,10)3-4/h4,6H,1-3H2,(H,7,8). The zero-order valence-corrected chi connectivity index (χ0v) is 6.60. The first-order valence-electron chi connectivity index (χ1n) is 3.19. The van der Waals surface area contributed by atoms with Crippen LogP contribution in [0.15, 0.2) is 0 Å². The van der Waals surface area contributed by atoms with Crippen LogP contribution in [-0.2, 0) is 9.84 Å². The van der Waals surface area contributed by atoms with Crippen molar-refractivity contribution in [1.82, 2.24) is 5.32 Å². The van der Waals surface area contributed by atoms with Crippen LogP contribution in [0.1, 0.15) is 6.42 Å². The van der Waals surface area contributed by atoms with Crippen LogP contribution in [0.4, 0.5) is 4.79 Å². The zero-order chi connectivity index (χ0) is 8.48. The second-order valence-corrected chi connectivity index (χ2v) is 4.78. The molecule has 0 radical (unpaired) electrons. The van der Waals surface area contributed by atoms with Crippen molar-refractivity contribution >= 4 is 15.9 Å². The van der Waals surface area contributed by atoms with Gasteiger partial charge < -0.3 is 10.4 Å². The second-order valence-electron chi connectivity index (χ2n) is 2.55. The maximum Gasteiger partial charge on any atom is 0.404 e. The van der Waals surface area contributed by atoms with E-state index in [4.69, 9.17) is 5.11 Å². The molecule has 11 heavy (non-hydrogen) atoms. The SMILES string of the molecule is O=C(O)NC1CCS(=O)(=O)C1. The molecule has 64 valence electrons. The number of rotatable bonds is 1. The van der Waals surface area contributed by atoms with E-state index in [2.05, 4.69) is 5.32 Å². The van der Waals surface area contributed by atoms with E-state index in [1.165, 1.54) is 0 Å². The Bertz CT molecular complexity index is 258. The Hall–Kier alpha value is -0.780. The summed E-state index contributed by atoms with van der Waals surface area (Å²) in [6, 6.07) is -0.405. The lowest BCUT2D eigenvalue weighted by Gasteiger charge is -2.04. The monoisotopic (exact) mass is 179 g/mol. The number of nitrogens with one attached hydrogen (secondary N) is 1. The molecule has 2 N–H and O–H groups in total. The van der Waals surface area contributed by atoms with E-state index in [0.29, 0.717) is 6.42 Å². The molecule has 1 fully saturated rings. The van der Waals surface area contributed by atoms with Crippen LogP contribution in [0.2, 0.25) is 0 Å². The highest BCUT2D eigenvalue weighted by atomic mass is 32.2. The normalized spacial score (nSPS) is 28.2. The van der Waals surface area contributed by atoms with Crippen molar-refractivity contribution in [1.29, 1.82) is 0 Å². The molecule has 1 unspecified atom stereocenters.